The van der Waals surface area contributed by atoms with E-state index in [9.17, 15) is 4.39 Å². The Morgan fingerprint density at radius 1 is 1.33 bits per heavy atom. The lowest BCUT2D eigenvalue weighted by atomic mass is 10.1. The van der Waals surface area contributed by atoms with Gasteiger partial charge in [0.05, 0.1) is 6.04 Å². The maximum absolute atomic E-state index is 13.3. The summed E-state index contributed by atoms with van der Waals surface area (Å²) in [4.78, 5) is 0. The number of halogens is 2. The summed E-state index contributed by atoms with van der Waals surface area (Å²) in [7, 11) is 1.91. The Morgan fingerprint density at radius 2 is 2.19 bits per heavy atom. The van der Waals surface area contributed by atoms with Gasteiger partial charge >= 0.3 is 0 Å². The molecule has 1 aliphatic heterocycles. The molecule has 2 aromatic rings. The summed E-state index contributed by atoms with van der Waals surface area (Å²) >= 11 is 3.27. The highest BCUT2D eigenvalue weighted by molar-refractivity contribution is 9.10. The van der Waals surface area contributed by atoms with E-state index >= 15 is 0 Å². The summed E-state index contributed by atoms with van der Waals surface area (Å²) in [6.07, 6.45) is 0. The maximum Gasteiger partial charge on any atom is 0.127 e. The van der Waals surface area contributed by atoms with Crippen molar-refractivity contribution < 1.29 is 13.9 Å². The zero-order valence-electron chi connectivity index (χ0n) is 11.5. The lowest BCUT2D eigenvalue weighted by molar-refractivity contribution is 0.298. The van der Waals surface area contributed by atoms with Crippen LogP contribution < -0.4 is 14.8 Å². The molecule has 5 heteroatoms. The fourth-order valence-corrected chi connectivity index (χ4v) is 2.89. The average Bonchev–Trinajstić information content (AvgIpc) is 2.86. The maximum atomic E-state index is 13.3. The highest BCUT2D eigenvalue weighted by Gasteiger charge is 2.22. The number of ether oxygens (including phenoxy) is 2. The molecule has 0 saturated carbocycles. The monoisotopic (exact) mass is 351 g/mol. The van der Waals surface area contributed by atoms with Crippen molar-refractivity contribution in [3.05, 3.63) is 57.8 Å². The Morgan fingerprint density at radius 3 is 2.95 bits per heavy atom. The van der Waals surface area contributed by atoms with Crippen LogP contribution in [0.25, 0.3) is 0 Å². The smallest absolute Gasteiger partial charge is 0.127 e. The minimum Gasteiger partial charge on any atom is -0.491 e. The molecule has 0 radical (unpaired) electrons. The quantitative estimate of drug-likeness (QED) is 0.908. The Balaban J connectivity index is 1.71. The fourth-order valence-electron chi connectivity index (χ4n) is 2.38. The normalized spacial score (nSPS) is 16.4. The van der Waals surface area contributed by atoms with Gasteiger partial charge in [-0.3, -0.25) is 0 Å². The molecule has 3 rings (SSSR count). The second kappa shape index (κ2) is 6.03. The molecule has 0 saturated heterocycles. The van der Waals surface area contributed by atoms with Gasteiger partial charge in [0, 0.05) is 16.1 Å². The van der Waals surface area contributed by atoms with Gasteiger partial charge in [0.15, 0.2) is 0 Å². The first-order valence-electron chi connectivity index (χ1n) is 6.67. The number of benzene rings is 2. The summed E-state index contributed by atoms with van der Waals surface area (Å²) in [5.74, 6) is 1.27. The van der Waals surface area contributed by atoms with Gasteiger partial charge in [0.25, 0.3) is 0 Å². The minimum absolute atomic E-state index is 0.230. The van der Waals surface area contributed by atoms with Crippen LogP contribution in [0.2, 0.25) is 0 Å². The molecule has 0 bridgehead atoms. The first-order chi connectivity index (χ1) is 10.2. The summed E-state index contributed by atoms with van der Waals surface area (Å²) in [6.45, 7) is 0.941. The van der Waals surface area contributed by atoms with Crippen molar-refractivity contribution in [2.24, 2.45) is 0 Å². The molecule has 2 aromatic carbocycles. The highest BCUT2D eigenvalue weighted by atomic mass is 79.9. The molecule has 0 fully saturated rings. The molecule has 1 atom stereocenters. The van der Waals surface area contributed by atoms with Crippen LogP contribution in [0.4, 0.5) is 4.39 Å². The van der Waals surface area contributed by atoms with E-state index in [1.165, 1.54) is 12.1 Å². The largest absolute Gasteiger partial charge is 0.491 e. The van der Waals surface area contributed by atoms with Crippen molar-refractivity contribution >= 4 is 15.9 Å². The number of hydrogen-bond acceptors (Lipinski definition) is 3. The molecule has 110 valence electrons. The van der Waals surface area contributed by atoms with Crippen molar-refractivity contribution in [2.45, 2.75) is 12.6 Å². The van der Waals surface area contributed by atoms with Crippen LogP contribution in [-0.2, 0) is 6.61 Å². The van der Waals surface area contributed by atoms with Crippen molar-refractivity contribution in [3.8, 4) is 11.5 Å². The molecule has 0 aromatic heterocycles. The lowest BCUT2D eigenvalue weighted by Gasteiger charge is -2.09. The standard InChI is InChI=1S/C16H15BrFNO2/c1-19-15-9-21-16-7-13(2-3-14(15)16)20-8-10-4-11(17)6-12(18)5-10/h2-7,15,19H,8-9H2,1H3. The Bertz CT molecular complexity index is 642. The van der Waals surface area contributed by atoms with Crippen molar-refractivity contribution in [1.29, 1.82) is 0 Å². The third-order valence-electron chi connectivity index (χ3n) is 3.44. The van der Waals surface area contributed by atoms with E-state index in [-0.39, 0.29) is 11.9 Å². The van der Waals surface area contributed by atoms with Crippen LogP contribution in [-0.4, -0.2) is 13.7 Å². The molecule has 0 amide bonds. The van der Waals surface area contributed by atoms with Crippen LogP contribution in [0.1, 0.15) is 17.2 Å². The van der Waals surface area contributed by atoms with Gasteiger partial charge in [0.1, 0.15) is 30.5 Å². The van der Waals surface area contributed by atoms with E-state index < -0.39 is 0 Å². The summed E-state index contributed by atoms with van der Waals surface area (Å²) in [6, 6.07) is 10.7. The molecule has 21 heavy (non-hydrogen) atoms. The molecule has 1 heterocycles. The molecule has 1 unspecified atom stereocenters. The predicted octanol–water partition coefficient (Wildman–Crippen LogP) is 3.82. The van der Waals surface area contributed by atoms with Gasteiger partial charge in [-0.25, -0.2) is 4.39 Å². The van der Waals surface area contributed by atoms with Gasteiger partial charge in [-0.1, -0.05) is 15.9 Å². The van der Waals surface area contributed by atoms with E-state index in [0.29, 0.717) is 23.4 Å². The van der Waals surface area contributed by atoms with Gasteiger partial charge in [-0.2, -0.15) is 0 Å². The molecule has 0 spiro atoms. The van der Waals surface area contributed by atoms with E-state index in [1.54, 1.807) is 0 Å². The second-order valence-corrected chi connectivity index (χ2v) is 5.83. The number of nitrogens with one attached hydrogen (secondary N) is 1. The summed E-state index contributed by atoms with van der Waals surface area (Å²) < 4.78 is 25.3. The number of hydrogen-bond donors (Lipinski definition) is 1. The van der Waals surface area contributed by atoms with E-state index in [0.717, 1.165) is 16.9 Å². The van der Waals surface area contributed by atoms with E-state index in [4.69, 9.17) is 9.47 Å². The zero-order valence-corrected chi connectivity index (χ0v) is 13.1. The molecular weight excluding hydrogens is 337 g/mol. The van der Waals surface area contributed by atoms with Crippen molar-refractivity contribution in [2.75, 3.05) is 13.7 Å². The molecule has 0 aliphatic carbocycles. The SMILES string of the molecule is CNC1COc2cc(OCc3cc(F)cc(Br)c3)ccc21. The fraction of sp³-hybridized carbons (Fsp3) is 0.250. The summed E-state index contributed by atoms with van der Waals surface area (Å²) in [5, 5.41) is 3.20. The van der Waals surface area contributed by atoms with E-state index in [1.807, 2.05) is 31.3 Å². The van der Waals surface area contributed by atoms with Gasteiger partial charge in [-0.05, 0) is 42.9 Å². The van der Waals surface area contributed by atoms with Gasteiger partial charge < -0.3 is 14.8 Å². The number of fused-ring (bicyclic) bond motifs is 1. The predicted molar refractivity (Wildman–Crippen MR) is 82.2 cm³/mol. The molecule has 3 nitrogen and oxygen atoms in total. The molecular formula is C16H15BrFNO2. The topological polar surface area (TPSA) is 30.5 Å². The van der Waals surface area contributed by atoms with Gasteiger partial charge in [0.2, 0.25) is 0 Å². The van der Waals surface area contributed by atoms with Crippen molar-refractivity contribution in [1.82, 2.24) is 5.32 Å². The Labute approximate surface area is 131 Å². The lowest BCUT2D eigenvalue weighted by Crippen LogP contribution is -2.17. The third kappa shape index (κ3) is 3.19. The molecule has 1 aliphatic rings. The Kier molecular flexibility index (Phi) is 4.12. The first-order valence-corrected chi connectivity index (χ1v) is 7.47. The Hall–Kier alpha value is -1.59. The first kappa shape index (κ1) is 14.4. The van der Waals surface area contributed by atoms with Crippen LogP contribution >= 0.6 is 15.9 Å². The van der Waals surface area contributed by atoms with Gasteiger partial charge in [-0.15, -0.1) is 0 Å². The highest BCUT2D eigenvalue weighted by Crippen LogP contribution is 2.35. The van der Waals surface area contributed by atoms with Crippen LogP contribution in [0, 0.1) is 5.82 Å². The summed E-state index contributed by atoms with van der Waals surface area (Å²) in [5.41, 5.74) is 1.91. The van der Waals surface area contributed by atoms with E-state index in [2.05, 4.69) is 21.2 Å². The van der Waals surface area contributed by atoms with Crippen molar-refractivity contribution in [3.63, 3.8) is 0 Å². The number of rotatable bonds is 4. The second-order valence-electron chi connectivity index (χ2n) is 4.92. The number of likely N-dealkylation sites (N-methyl/N-ethyl adjacent to an activating group) is 1. The zero-order chi connectivity index (χ0) is 14.8. The third-order valence-corrected chi connectivity index (χ3v) is 3.90. The average molecular weight is 352 g/mol. The van der Waals surface area contributed by atoms with Crippen LogP contribution in [0.5, 0.6) is 11.5 Å². The minimum atomic E-state index is -0.280. The van der Waals surface area contributed by atoms with Crippen LogP contribution in [0.3, 0.4) is 0 Å². The molecule has 1 N–H and O–H groups in total. The van der Waals surface area contributed by atoms with Crippen LogP contribution in [0.15, 0.2) is 40.9 Å².